The highest BCUT2D eigenvalue weighted by Gasteiger charge is 2.22. The predicted molar refractivity (Wildman–Crippen MR) is 76.6 cm³/mol. The van der Waals surface area contributed by atoms with Crippen LogP contribution in [0.3, 0.4) is 0 Å². The van der Waals surface area contributed by atoms with E-state index in [0.29, 0.717) is 11.9 Å². The Balaban J connectivity index is 1.96. The van der Waals surface area contributed by atoms with Crippen LogP contribution >= 0.6 is 0 Å². The summed E-state index contributed by atoms with van der Waals surface area (Å²) in [6.07, 6.45) is 3.75. The zero-order valence-electron chi connectivity index (χ0n) is 10.8. The molecule has 1 fully saturated rings. The highest BCUT2D eigenvalue weighted by molar-refractivity contribution is 6.32. The molecule has 0 unspecified atom stereocenters. The van der Waals surface area contributed by atoms with Gasteiger partial charge < -0.3 is 16.0 Å². The SMILES string of the molecule is Bc1ccc(N/C(=C\C(=O)NC2CC2)NC)cc1. The van der Waals surface area contributed by atoms with Gasteiger partial charge in [0.15, 0.2) is 0 Å². The Hall–Kier alpha value is -1.91. The first kappa shape index (κ1) is 12.5. The van der Waals surface area contributed by atoms with Gasteiger partial charge in [-0.2, -0.15) is 0 Å². The quantitative estimate of drug-likeness (QED) is 0.491. The second-order valence-electron chi connectivity index (χ2n) is 4.58. The normalized spacial score (nSPS) is 15.1. The van der Waals surface area contributed by atoms with Gasteiger partial charge in [0.1, 0.15) is 13.7 Å². The van der Waals surface area contributed by atoms with Gasteiger partial charge >= 0.3 is 0 Å². The summed E-state index contributed by atoms with van der Waals surface area (Å²) in [6.45, 7) is 0. The molecule has 5 heteroatoms. The van der Waals surface area contributed by atoms with Crippen LogP contribution in [0.1, 0.15) is 12.8 Å². The summed E-state index contributed by atoms with van der Waals surface area (Å²) in [6, 6.07) is 8.41. The van der Waals surface area contributed by atoms with Crippen molar-refractivity contribution in [3.63, 3.8) is 0 Å². The molecular weight excluding hydrogens is 225 g/mol. The van der Waals surface area contributed by atoms with Crippen LogP contribution in [0.4, 0.5) is 5.69 Å². The van der Waals surface area contributed by atoms with E-state index in [1.165, 1.54) is 5.46 Å². The summed E-state index contributed by atoms with van der Waals surface area (Å²) < 4.78 is 0. The number of carbonyl (C=O) groups is 1. The second kappa shape index (κ2) is 5.62. The van der Waals surface area contributed by atoms with Crippen molar-refractivity contribution in [3.8, 4) is 0 Å². The van der Waals surface area contributed by atoms with Gasteiger partial charge in [0, 0.05) is 24.9 Å². The third-order valence-electron chi connectivity index (χ3n) is 2.80. The van der Waals surface area contributed by atoms with E-state index in [4.69, 9.17) is 0 Å². The topological polar surface area (TPSA) is 53.2 Å². The minimum atomic E-state index is -0.0542. The van der Waals surface area contributed by atoms with Crippen molar-refractivity contribution in [1.29, 1.82) is 0 Å². The van der Waals surface area contributed by atoms with Crippen molar-refractivity contribution in [2.45, 2.75) is 18.9 Å². The number of anilines is 1. The maximum absolute atomic E-state index is 11.6. The highest BCUT2D eigenvalue weighted by Crippen LogP contribution is 2.18. The van der Waals surface area contributed by atoms with Gasteiger partial charge in [-0.25, -0.2) is 0 Å². The molecule has 0 bridgehead atoms. The Morgan fingerprint density at radius 1 is 1.33 bits per heavy atom. The van der Waals surface area contributed by atoms with E-state index in [0.717, 1.165) is 18.5 Å². The molecule has 1 aromatic rings. The molecule has 2 rings (SSSR count). The fraction of sp³-hybridized carbons (Fsp3) is 0.308. The Morgan fingerprint density at radius 2 is 2.00 bits per heavy atom. The molecule has 0 spiro atoms. The van der Waals surface area contributed by atoms with Gasteiger partial charge in [-0.15, -0.1) is 0 Å². The molecule has 0 heterocycles. The van der Waals surface area contributed by atoms with Gasteiger partial charge in [0.25, 0.3) is 0 Å². The zero-order chi connectivity index (χ0) is 13.0. The van der Waals surface area contributed by atoms with E-state index < -0.39 is 0 Å². The van der Waals surface area contributed by atoms with E-state index >= 15 is 0 Å². The smallest absolute Gasteiger partial charge is 0.247 e. The monoisotopic (exact) mass is 243 g/mol. The molecule has 0 radical (unpaired) electrons. The van der Waals surface area contributed by atoms with Crippen molar-refractivity contribution >= 4 is 24.9 Å². The lowest BCUT2D eigenvalue weighted by molar-refractivity contribution is -0.116. The summed E-state index contributed by atoms with van der Waals surface area (Å²) in [5, 5.41) is 9.07. The Kier molecular flexibility index (Phi) is 3.92. The Bertz CT molecular complexity index is 452. The zero-order valence-corrected chi connectivity index (χ0v) is 10.8. The fourth-order valence-electron chi connectivity index (χ4n) is 1.56. The summed E-state index contributed by atoms with van der Waals surface area (Å²) in [7, 11) is 3.83. The van der Waals surface area contributed by atoms with E-state index in [2.05, 4.69) is 16.0 Å². The van der Waals surface area contributed by atoms with Crippen LogP contribution in [0.2, 0.25) is 0 Å². The Labute approximate surface area is 108 Å². The third kappa shape index (κ3) is 3.84. The van der Waals surface area contributed by atoms with Crippen molar-refractivity contribution in [2.75, 3.05) is 12.4 Å². The van der Waals surface area contributed by atoms with Crippen molar-refractivity contribution in [1.82, 2.24) is 10.6 Å². The van der Waals surface area contributed by atoms with Crippen LogP contribution in [-0.2, 0) is 4.79 Å². The maximum atomic E-state index is 11.6. The number of carbonyl (C=O) groups excluding carboxylic acids is 1. The third-order valence-corrected chi connectivity index (χ3v) is 2.80. The van der Waals surface area contributed by atoms with Gasteiger partial charge in [0.05, 0.1) is 0 Å². The van der Waals surface area contributed by atoms with Crippen molar-refractivity contribution in [2.24, 2.45) is 0 Å². The number of hydrogen-bond acceptors (Lipinski definition) is 3. The number of nitrogens with one attached hydrogen (secondary N) is 3. The average Bonchev–Trinajstić information content (AvgIpc) is 3.15. The number of benzene rings is 1. The molecule has 1 saturated carbocycles. The molecule has 1 amide bonds. The van der Waals surface area contributed by atoms with E-state index in [-0.39, 0.29) is 5.91 Å². The first-order chi connectivity index (χ1) is 8.67. The minimum absolute atomic E-state index is 0.0542. The lowest BCUT2D eigenvalue weighted by atomic mass is 9.96. The van der Waals surface area contributed by atoms with Gasteiger partial charge in [-0.3, -0.25) is 4.79 Å². The summed E-state index contributed by atoms with van der Waals surface area (Å²) in [5.41, 5.74) is 2.17. The average molecular weight is 243 g/mol. The highest BCUT2D eigenvalue weighted by atomic mass is 16.1. The number of rotatable bonds is 5. The van der Waals surface area contributed by atoms with Crippen LogP contribution in [-0.4, -0.2) is 26.8 Å². The van der Waals surface area contributed by atoms with Gasteiger partial charge in [-0.1, -0.05) is 17.6 Å². The largest absolute Gasteiger partial charge is 0.375 e. The molecular formula is C13H18BN3O. The van der Waals surface area contributed by atoms with E-state index in [9.17, 15) is 4.79 Å². The van der Waals surface area contributed by atoms with Crippen LogP contribution in [0.15, 0.2) is 36.2 Å². The molecule has 1 aliphatic rings. The fourth-order valence-corrected chi connectivity index (χ4v) is 1.56. The lowest BCUT2D eigenvalue weighted by Crippen LogP contribution is -2.26. The second-order valence-corrected chi connectivity index (χ2v) is 4.58. The number of amides is 1. The molecule has 94 valence electrons. The molecule has 0 atom stereocenters. The molecule has 18 heavy (non-hydrogen) atoms. The molecule has 0 saturated heterocycles. The molecule has 0 aliphatic heterocycles. The van der Waals surface area contributed by atoms with Crippen LogP contribution in [0.5, 0.6) is 0 Å². The Morgan fingerprint density at radius 3 is 2.56 bits per heavy atom. The van der Waals surface area contributed by atoms with E-state index in [1.807, 2.05) is 32.1 Å². The van der Waals surface area contributed by atoms with Crippen LogP contribution in [0.25, 0.3) is 0 Å². The van der Waals surface area contributed by atoms with E-state index in [1.54, 1.807) is 13.1 Å². The van der Waals surface area contributed by atoms with Crippen molar-refractivity contribution in [3.05, 3.63) is 36.2 Å². The van der Waals surface area contributed by atoms with Crippen molar-refractivity contribution < 1.29 is 4.79 Å². The molecule has 4 nitrogen and oxygen atoms in total. The molecule has 3 N–H and O–H groups in total. The van der Waals surface area contributed by atoms with Gasteiger partial charge in [-0.05, 0) is 25.0 Å². The minimum Gasteiger partial charge on any atom is -0.375 e. The van der Waals surface area contributed by atoms with Crippen LogP contribution < -0.4 is 21.4 Å². The summed E-state index contributed by atoms with van der Waals surface area (Å²) in [5.74, 6) is 0.637. The maximum Gasteiger partial charge on any atom is 0.247 e. The summed E-state index contributed by atoms with van der Waals surface area (Å²) >= 11 is 0. The lowest BCUT2D eigenvalue weighted by Gasteiger charge is -2.10. The number of hydrogen-bond donors (Lipinski definition) is 3. The molecule has 1 aromatic carbocycles. The first-order valence-corrected chi connectivity index (χ1v) is 6.21. The summed E-state index contributed by atoms with van der Waals surface area (Å²) in [4.78, 5) is 11.6. The standard InChI is InChI=1S/C13H18BN3O/c1-15-12(8-13(18)17-11-6-7-11)16-10-4-2-9(14)3-5-10/h2-5,8,11,15-16H,6-7,14H2,1H3,(H,17,18)/b12-8-. The van der Waals surface area contributed by atoms with Gasteiger partial charge in [0.2, 0.25) is 5.91 Å². The van der Waals surface area contributed by atoms with Crippen LogP contribution in [0, 0.1) is 0 Å². The first-order valence-electron chi connectivity index (χ1n) is 6.21. The molecule has 0 aromatic heterocycles. The predicted octanol–water partition coefficient (Wildman–Crippen LogP) is -0.304. The molecule has 1 aliphatic carbocycles.